The molecule has 3 rings (SSSR count). The van der Waals surface area contributed by atoms with Gasteiger partial charge in [0.15, 0.2) is 0 Å². The first kappa shape index (κ1) is 6.80. The van der Waals surface area contributed by atoms with Crippen LogP contribution in [-0.4, -0.2) is 34.5 Å². The van der Waals surface area contributed by atoms with Gasteiger partial charge in [-0.25, -0.2) is 4.98 Å². The molecule has 2 fully saturated rings. The Morgan fingerprint density at radius 1 is 1.67 bits per heavy atom. The lowest BCUT2D eigenvalue weighted by atomic mass is 10.2. The molecule has 1 N–H and O–H groups in total. The Kier molecular flexibility index (Phi) is 1.36. The number of fused-ring (bicyclic) bond motifs is 2. The zero-order valence-corrected chi connectivity index (χ0v) is 7.42. The van der Waals surface area contributed by atoms with Gasteiger partial charge in [0.1, 0.15) is 6.33 Å². The Balaban J connectivity index is 1.87. The molecule has 0 spiro atoms. The van der Waals surface area contributed by atoms with Gasteiger partial charge in [-0.1, -0.05) is 0 Å². The van der Waals surface area contributed by atoms with Gasteiger partial charge in [-0.15, -0.1) is 0 Å². The van der Waals surface area contributed by atoms with E-state index < -0.39 is 0 Å². The van der Waals surface area contributed by atoms with Gasteiger partial charge >= 0.3 is 0 Å². The summed E-state index contributed by atoms with van der Waals surface area (Å²) in [5, 5.41) is 4.55. The maximum Gasteiger partial charge on any atom is 0.205 e. The largest absolute Gasteiger partial charge is 0.341 e. The molecule has 0 unspecified atom stereocenters. The van der Waals surface area contributed by atoms with Crippen LogP contribution >= 0.6 is 11.5 Å². The summed E-state index contributed by atoms with van der Waals surface area (Å²) in [5.74, 6) is 0. The van der Waals surface area contributed by atoms with Gasteiger partial charge < -0.3 is 10.2 Å². The molecule has 2 bridgehead atoms. The third kappa shape index (κ3) is 0.864. The summed E-state index contributed by atoms with van der Waals surface area (Å²) in [6, 6.07) is 1.36. The molecule has 5 heteroatoms. The van der Waals surface area contributed by atoms with Crippen molar-refractivity contribution < 1.29 is 0 Å². The van der Waals surface area contributed by atoms with Crippen molar-refractivity contribution in [3.05, 3.63) is 6.33 Å². The van der Waals surface area contributed by atoms with Gasteiger partial charge in [-0.05, 0) is 6.42 Å². The van der Waals surface area contributed by atoms with E-state index in [1.165, 1.54) is 18.0 Å². The molecular weight excluding hydrogens is 172 g/mol. The minimum Gasteiger partial charge on any atom is -0.341 e. The molecule has 64 valence electrons. The van der Waals surface area contributed by atoms with Crippen molar-refractivity contribution in [1.82, 2.24) is 14.7 Å². The predicted octanol–water partition coefficient (Wildman–Crippen LogP) is 0.0886. The van der Waals surface area contributed by atoms with E-state index in [-0.39, 0.29) is 0 Å². The lowest BCUT2D eigenvalue weighted by Gasteiger charge is -2.26. The number of piperazine rings is 1. The summed E-state index contributed by atoms with van der Waals surface area (Å²) in [4.78, 5) is 6.60. The lowest BCUT2D eigenvalue weighted by Crippen LogP contribution is -2.43. The molecule has 0 aliphatic carbocycles. The van der Waals surface area contributed by atoms with Crippen molar-refractivity contribution in [3.63, 3.8) is 0 Å². The smallest absolute Gasteiger partial charge is 0.205 e. The van der Waals surface area contributed by atoms with Crippen LogP contribution < -0.4 is 10.2 Å². The molecule has 2 aliphatic rings. The monoisotopic (exact) mass is 182 g/mol. The molecule has 4 nitrogen and oxygen atoms in total. The van der Waals surface area contributed by atoms with E-state index in [2.05, 4.69) is 19.6 Å². The van der Waals surface area contributed by atoms with Crippen LogP contribution in [-0.2, 0) is 0 Å². The van der Waals surface area contributed by atoms with Crippen molar-refractivity contribution >= 4 is 16.7 Å². The van der Waals surface area contributed by atoms with Crippen LogP contribution in [0.25, 0.3) is 0 Å². The number of hydrogen-bond donors (Lipinski definition) is 1. The topological polar surface area (TPSA) is 41.1 Å². The van der Waals surface area contributed by atoms with Crippen molar-refractivity contribution in [2.45, 2.75) is 18.5 Å². The highest BCUT2D eigenvalue weighted by atomic mass is 32.1. The van der Waals surface area contributed by atoms with Crippen molar-refractivity contribution in [3.8, 4) is 0 Å². The summed E-state index contributed by atoms with van der Waals surface area (Å²) >= 11 is 1.50. The molecule has 12 heavy (non-hydrogen) atoms. The van der Waals surface area contributed by atoms with Gasteiger partial charge in [0.2, 0.25) is 5.13 Å². The summed E-state index contributed by atoms with van der Waals surface area (Å²) in [6.07, 6.45) is 2.92. The molecule has 2 atom stereocenters. The summed E-state index contributed by atoms with van der Waals surface area (Å²) in [5.41, 5.74) is 0. The van der Waals surface area contributed by atoms with Crippen LogP contribution in [0.3, 0.4) is 0 Å². The summed E-state index contributed by atoms with van der Waals surface area (Å²) in [6.45, 7) is 2.23. The first-order valence-electron chi connectivity index (χ1n) is 4.20. The Bertz CT molecular complexity index is 273. The third-order valence-electron chi connectivity index (χ3n) is 2.65. The molecule has 0 amide bonds. The van der Waals surface area contributed by atoms with E-state index in [0.717, 1.165) is 18.2 Å². The average Bonchev–Trinajstić information content (AvgIpc) is 2.81. The van der Waals surface area contributed by atoms with Gasteiger partial charge in [0.05, 0.1) is 0 Å². The number of hydrogen-bond acceptors (Lipinski definition) is 5. The average molecular weight is 182 g/mol. The molecule has 0 radical (unpaired) electrons. The molecule has 0 saturated carbocycles. The molecule has 0 aromatic carbocycles. The van der Waals surface area contributed by atoms with Crippen LogP contribution in [0.5, 0.6) is 0 Å². The molecule has 1 aromatic heterocycles. The zero-order valence-electron chi connectivity index (χ0n) is 6.60. The van der Waals surface area contributed by atoms with Gasteiger partial charge in [-0.2, -0.15) is 4.37 Å². The standard InChI is InChI=1S/C7H10N4S/c1-5-3-11(6(1)2-8-5)7-9-4-10-12-7/h4-6,8H,1-3H2/t5-,6-/m1/s1. The van der Waals surface area contributed by atoms with E-state index in [9.17, 15) is 0 Å². The molecule has 2 saturated heterocycles. The number of aromatic nitrogens is 2. The van der Waals surface area contributed by atoms with Crippen LogP contribution in [0, 0.1) is 0 Å². The fourth-order valence-electron chi connectivity index (χ4n) is 2.09. The van der Waals surface area contributed by atoms with Crippen LogP contribution in [0.15, 0.2) is 6.33 Å². The number of nitrogens with zero attached hydrogens (tertiary/aromatic N) is 3. The first-order valence-corrected chi connectivity index (χ1v) is 4.97. The SMILES string of the molecule is c1nsc(N2C[C@H]3C[C@@H]2CN3)n1. The third-order valence-corrected chi connectivity index (χ3v) is 3.35. The summed E-state index contributed by atoms with van der Waals surface area (Å²) in [7, 11) is 0. The van der Waals surface area contributed by atoms with Crippen LogP contribution in [0.2, 0.25) is 0 Å². The second-order valence-electron chi connectivity index (χ2n) is 3.37. The van der Waals surface area contributed by atoms with Gasteiger partial charge in [0, 0.05) is 36.7 Å². The molecule has 2 aliphatic heterocycles. The van der Waals surface area contributed by atoms with Crippen molar-refractivity contribution in [1.29, 1.82) is 0 Å². The zero-order chi connectivity index (χ0) is 7.97. The highest BCUT2D eigenvalue weighted by Gasteiger charge is 2.38. The van der Waals surface area contributed by atoms with E-state index >= 15 is 0 Å². The highest BCUT2D eigenvalue weighted by molar-refractivity contribution is 7.09. The fourth-order valence-corrected chi connectivity index (χ4v) is 2.70. The normalized spacial score (nSPS) is 33.2. The molecule has 1 aromatic rings. The van der Waals surface area contributed by atoms with Gasteiger partial charge in [0.25, 0.3) is 0 Å². The van der Waals surface area contributed by atoms with Gasteiger partial charge in [-0.3, -0.25) is 0 Å². The fraction of sp³-hybridized carbons (Fsp3) is 0.714. The Hall–Kier alpha value is -0.680. The lowest BCUT2D eigenvalue weighted by molar-refractivity contribution is 0.579. The van der Waals surface area contributed by atoms with Crippen molar-refractivity contribution in [2.75, 3.05) is 18.0 Å². The summed E-state index contributed by atoms with van der Waals surface area (Å²) < 4.78 is 4.02. The first-order chi connectivity index (χ1) is 5.93. The Labute approximate surface area is 74.8 Å². The van der Waals surface area contributed by atoms with E-state index in [1.54, 1.807) is 6.33 Å². The number of nitrogens with one attached hydrogen (secondary N) is 1. The second kappa shape index (κ2) is 2.40. The van der Waals surface area contributed by atoms with Crippen LogP contribution in [0.1, 0.15) is 6.42 Å². The molecular formula is C7H10N4S. The minimum absolute atomic E-state index is 0.669. The number of rotatable bonds is 1. The Morgan fingerprint density at radius 3 is 3.25 bits per heavy atom. The second-order valence-corrected chi connectivity index (χ2v) is 4.13. The maximum atomic E-state index is 4.22. The van der Waals surface area contributed by atoms with E-state index in [4.69, 9.17) is 0 Å². The predicted molar refractivity (Wildman–Crippen MR) is 47.5 cm³/mol. The maximum absolute atomic E-state index is 4.22. The Morgan fingerprint density at radius 2 is 2.67 bits per heavy atom. The number of anilines is 1. The van der Waals surface area contributed by atoms with E-state index in [1.807, 2.05) is 0 Å². The van der Waals surface area contributed by atoms with Crippen LogP contribution in [0.4, 0.5) is 5.13 Å². The minimum atomic E-state index is 0.669. The van der Waals surface area contributed by atoms with E-state index in [0.29, 0.717) is 12.1 Å². The molecule has 3 heterocycles. The highest BCUT2D eigenvalue weighted by Crippen LogP contribution is 2.29. The quantitative estimate of drug-likeness (QED) is 0.668. The van der Waals surface area contributed by atoms with Crippen molar-refractivity contribution in [2.24, 2.45) is 0 Å².